The minimum Gasteiger partial charge on any atom is -0.489 e. The third kappa shape index (κ3) is 12.2. The molecule has 14 nitrogen and oxygen atoms in total. The number of aliphatic hydroxyl groups excluding tert-OH is 1. The molecule has 68 heavy (non-hydrogen) atoms. The van der Waals surface area contributed by atoms with E-state index < -0.39 is 58.0 Å². The molecule has 2 aliphatic rings. The summed E-state index contributed by atoms with van der Waals surface area (Å²) >= 11 is 7.78. The molecule has 1 saturated carbocycles. The molecule has 1 aromatic heterocycles. The molecule has 364 valence electrons. The largest absolute Gasteiger partial charge is 0.489 e. The van der Waals surface area contributed by atoms with Crippen LogP contribution in [0.5, 0.6) is 5.75 Å². The van der Waals surface area contributed by atoms with E-state index in [0.29, 0.717) is 42.3 Å². The Morgan fingerprint density at radius 2 is 1.75 bits per heavy atom. The number of ether oxygens (including phenoxy) is 2. The van der Waals surface area contributed by atoms with Gasteiger partial charge in [-0.05, 0) is 73.1 Å². The summed E-state index contributed by atoms with van der Waals surface area (Å²) in [7, 11) is 0. The van der Waals surface area contributed by atoms with Crippen LogP contribution in [-0.2, 0) is 25.7 Å². The fourth-order valence-electron chi connectivity index (χ4n) is 9.49. The zero-order chi connectivity index (χ0) is 49.6. The van der Waals surface area contributed by atoms with Crippen molar-refractivity contribution in [3.8, 4) is 22.3 Å². The lowest BCUT2D eigenvalue weighted by molar-refractivity contribution is -0.164. The number of nitriles is 1. The van der Waals surface area contributed by atoms with Gasteiger partial charge < -0.3 is 40.7 Å². The predicted octanol–water partition coefficient (Wildman–Crippen LogP) is 7.80. The molecule has 2 fully saturated rings. The third-order valence-electron chi connectivity index (χ3n) is 12.9. The number of likely N-dealkylation sites (tertiary alicyclic amines) is 1. The summed E-state index contributed by atoms with van der Waals surface area (Å²) in [6.45, 7) is 16.1. The number of nitrogens with one attached hydrogen (secondary N) is 4. The number of β-amino-alcohol motifs (C(OH)–C–C–N with tert-alkyl or cyclic N) is 1. The van der Waals surface area contributed by atoms with Crippen molar-refractivity contribution in [2.24, 2.45) is 16.2 Å². The van der Waals surface area contributed by atoms with Crippen LogP contribution in [0.4, 0.5) is 10.1 Å². The van der Waals surface area contributed by atoms with E-state index in [-0.39, 0.29) is 55.4 Å². The van der Waals surface area contributed by atoms with E-state index in [1.165, 1.54) is 11.0 Å². The standard InChI is InChI=1S/C51H63ClFN7O7S/c1-30-42(68-29-57-30)32-14-12-31(13-15-32)26-56-45(64)40-23-35(61)27-60(40)46(65)43(49(2,3)4)58-41(62)28-66-21-11-9-10-20-55-39-19-17-33(22-38(39)53)44(63)59-47-50(5,6)48(51(47,7)8)67-36-18-16-34(25-54)37(52)24-36/h12-19,22,24,29,35,40,43,47-48,55,61H,9-11,20-21,23,26-28H2,1-8H3,(H,56,64)(H,58,62)(H,59,63)/t35-,40+,43-,47?,48?/m1/s1. The van der Waals surface area contributed by atoms with Crippen LogP contribution >= 0.6 is 22.9 Å². The number of benzene rings is 3. The van der Waals surface area contributed by atoms with Crippen LogP contribution in [0.25, 0.3) is 10.4 Å². The van der Waals surface area contributed by atoms with Crippen molar-refractivity contribution in [1.29, 1.82) is 5.26 Å². The lowest BCUT2D eigenvalue weighted by atomic mass is 9.49. The number of carbonyl (C=O) groups is 4. The molecular weight excluding hydrogens is 909 g/mol. The van der Waals surface area contributed by atoms with Gasteiger partial charge in [0.25, 0.3) is 5.91 Å². The molecule has 6 rings (SSSR count). The number of aromatic nitrogens is 1. The second kappa shape index (κ2) is 21.8. The lowest BCUT2D eigenvalue weighted by Gasteiger charge is -2.63. The van der Waals surface area contributed by atoms with Crippen LogP contribution in [0.3, 0.4) is 0 Å². The van der Waals surface area contributed by atoms with Gasteiger partial charge in [-0.2, -0.15) is 5.26 Å². The second-order valence-corrected chi connectivity index (χ2v) is 21.2. The van der Waals surface area contributed by atoms with Gasteiger partial charge in [0, 0.05) is 61.2 Å². The van der Waals surface area contributed by atoms with Crippen molar-refractivity contribution in [2.45, 2.75) is 118 Å². The average Bonchev–Trinajstić information content (AvgIpc) is 3.91. The van der Waals surface area contributed by atoms with Gasteiger partial charge in [0.2, 0.25) is 17.7 Å². The Hall–Kier alpha value is -5.60. The highest BCUT2D eigenvalue weighted by molar-refractivity contribution is 7.13. The number of amides is 4. The van der Waals surface area contributed by atoms with Gasteiger partial charge in [0.15, 0.2) is 0 Å². The van der Waals surface area contributed by atoms with Crippen LogP contribution in [0.15, 0.2) is 66.2 Å². The van der Waals surface area contributed by atoms with Gasteiger partial charge in [-0.3, -0.25) is 19.2 Å². The summed E-state index contributed by atoms with van der Waals surface area (Å²) in [6.07, 6.45) is 0.978. The maximum atomic E-state index is 15.2. The molecule has 3 aromatic carbocycles. The lowest BCUT2D eigenvalue weighted by Crippen LogP contribution is -2.74. The highest BCUT2D eigenvalue weighted by atomic mass is 35.5. The average molecular weight is 973 g/mol. The van der Waals surface area contributed by atoms with E-state index >= 15 is 4.39 Å². The first-order valence-electron chi connectivity index (χ1n) is 22.9. The van der Waals surface area contributed by atoms with Gasteiger partial charge in [0.05, 0.1) is 38.5 Å². The third-order valence-corrected chi connectivity index (χ3v) is 14.2. The first-order valence-corrected chi connectivity index (χ1v) is 24.2. The maximum absolute atomic E-state index is 15.2. The summed E-state index contributed by atoms with van der Waals surface area (Å²) < 4.78 is 27.2. The molecule has 1 aliphatic carbocycles. The fourth-order valence-corrected chi connectivity index (χ4v) is 10.5. The summed E-state index contributed by atoms with van der Waals surface area (Å²) in [5.41, 5.74) is 3.84. The van der Waals surface area contributed by atoms with Gasteiger partial charge >= 0.3 is 0 Å². The van der Waals surface area contributed by atoms with Crippen LogP contribution < -0.4 is 26.0 Å². The molecule has 0 unspecified atom stereocenters. The monoisotopic (exact) mass is 971 g/mol. The van der Waals surface area contributed by atoms with Crippen LogP contribution in [0.1, 0.15) is 101 Å². The summed E-state index contributed by atoms with van der Waals surface area (Å²) in [5.74, 6) is -1.73. The quantitative estimate of drug-likeness (QED) is 0.0579. The summed E-state index contributed by atoms with van der Waals surface area (Å²) in [6, 6.07) is 17.0. The van der Waals surface area contributed by atoms with Crippen LogP contribution in [-0.4, -0.2) is 95.3 Å². The fraction of sp³-hybridized carbons (Fsp3) is 0.490. The number of aliphatic hydroxyl groups is 1. The first-order chi connectivity index (χ1) is 32.1. The number of anilines is 1. The maximum Gasteiger partial charge on any atom is 0.251 e. The predicted molar refractivity (Wildman–Crippen MR) is 261 cm³/mol. The summed E-state index contributed by atoms with van der Waals surface area (Å²) in [5, 5.41) is 32.0. The number of aryl methyl sites for hydroxylation is 1. The Kier molecular flexibility index (Phi) is 16.6. The number of hydrogen-bond acceptors (Lipinski definition) is 11. The Morgan fingerprint density at radius 1 is 1.03 bits per heavy atom. The van der Waals surface area contributed by atoms with Crippen molar-refractivity contribution in [2.75, 3.05) is 31.6 Å². The molecular formula is C51H63ClFN7O7S. The Morgan fingerprint density at radius 3 is 2.38 bits per heavy atom. The number of thiazole rings is 1. The minimum absolute atomic E-state index is 0.0291. The normalized spacial score (nSPS) is 19.8. The Labute approximate surface area is 407 Å². The van der Waals surface area contributed by atoms with Crippen LogP contribution in [0, 0.1) is 40.3 Å². The minimum atomic E-state index is -0.977. The van der Waals surface area contributed by atoms with E-state index in [9.17, 15) is 29.5 Å². The Bertz CT molecular complexity index is 2490. The molecule has 17 heteroatoms. The highest BCUT2D eigenvalue weighted by Gasteiger charge is 2.64. The first kappa shape index (κ1) is 51.8. The van der Waals surface area contributed by atoms with Gasteiger partial charge in [-0.15, -0.1) is 11.3 Å². The van der Waals surface area contributed by atoms with Crippen molar-refractivity contribution < 1.29 is 38.1 Å². The molecule has 1 saturated heterocycles. The number of carbonyl (C=O) groups excluding carboxylic acids is 4. The van der Waals surface area contributed by atoms with Crippen molar-refractivity contribution in [3.63, 3.8) is 0 Å². The zero-order valence-corrected chi connectivity index (χ0v) is 41.6. The molecule has 0 radical (unpaired) electrons. The molecule has 0 spiro atoms. The molecule has 0 bridgehead atoms. The van der Waals surface area contributed by atoms with Crippen molar-refractivity contribution >= 4 is 52.3 Å². The number of nitrogens with zero attached hydrogens (tertiary/aromatic N) is 3. The van der Waals surface area contributed by atoms with Gasteiger partial charge in [-0.25, -0.2) is 9.37 Å². The van der Waals surface area contributed by atoms with Crippen molar-refractivity contribution in [3.05, 3.63) is 99.4 Å². The molecule has 4 aromatic rings. The van der Waals surface area contributed by atoms with E-state index in [2.05, 4.69) is 26.3 Å². The highest BCUT2D eigenvalue weighted by Crippen LogP contribution is 2.55. The van der Waals surface area contributed by atoms with Crippen LogP contribution in [0.2, 0.25) is 5.02 Å². The van der Waals surface area contributed by atoms with Gasteiger partial charge in [-0.1, -0.05) is 84.3 Å². The Balaban J connectivity index is 0.892. The van der Waals surface area contributed by atoms with E-state index in [1.807, 2.05) is 85.7 Å². The molecule has 2 heterocycles. The topological polar surface area (TPSA) is 195 Å². The second-order valence-electron chi connectivity index (χ2n) is 20.0. The van der Waals surface area contributed by atoms with Gasteiger partial charge in [0.1, 0.15) is 42.4 Å². The number of halogens is 2. The van der Waals surface area contributed by atoms with Crippen molar-refractivity contribution in [1.82, 2.24) is 25.8 Å². The van der Waals surface area contributed by atoms with E-state index in [0.717, 1.165) is 28.1 Å². The number of hydrogen-bond donors (Lipinski definition) is 5. The molecule has 3 atom stereocenters. The SMILES string of the molecule is Cc1ncsc1-c1ccc(CNC(=O)[C@@H]2C[C@@H](O)CN2C(=O)[C@@H](NC(=O)COCCCCCNc2ccc(C(=O)NC3C(C)(C)C(Oc4ccc(C#N)c(Cl)c4)C3(C)C)cc2F)C(C)(C)C)cc1. The summed E-state index contributed by atoms with van der Waals surface area (Å²) in [4.78, 5) is 60.6. The molecule has 4 amide bonds. The van der Waals surface area contributed by atoms with E-state index in [4.69, 9.17) is 21.1 Å². The number of rotatable bonds is 19. The molecule has 5 N–H and O–H groups in total. The smallest absolute Gasteiger partial charge is 0.251 e. The number of unbranched alkanes of at least 4 members (excludes halogenated alkanes) is 2. The molecule has 1 aliphatic heterocycles. The van der Waals surface area contributed by atoms with E-state index in [1.54, 1.807) is 47.2 Å². The zero-order valence-electron chi connectivity index (χ0n) is 40.0.